The Hall–Kier alpha value is -3.78. The zero-order valence-corrected chi connectivity index (χ0v) is 19.5. The molecule has 172 valence electrons. The maximum Gasteiger partial charge on any atom is 0.277 e. The van der Waals surface area contributed by atoms with Gasteiger partial charge in [0.05, 0.1) is 12.4 Å². The zero-order valence-electron chi connectivity index (χ0n) is 18.7. The van der Waals surface area contributed by atoms with Crippen LogP contribution in [0.2, 0.25) is 0 Å². The lowest BCUT2D eigenvalue weighted by atomic mass is 10.2. The van der Waals surface area contributed by atoms with Gasteiger partial charge in [-0.25, -0.2) is 0 Å². The van der Waals surface area contributed by atoms with Crippen LogP contribution < -0.4 is 10.1 Å². The minimum absolute atomic E-state index is 0.140. The van der Waals surface area contributed by atoms with Crippen molar-refractivity contribution in [2.75, 3.05) is 17.7 Å². The van der Waals surface area contributed by atoms with E-state index in [9.17, 15) is 4.79 Å². The molecule has 5 aromatic rings. The second-order valence-corrected chi connectivity index (χ2v) is 8.62. The summed E-state index contributed by atoms with van der Waals surface area (Å²) in [7, 11) is 0. The van der Waals surface area contributed by atoms with Crippen LogP contribution in [0.3, 0.4) is 0 Å². The lowest BCUT2D eigenvalue weighted by molar-refractivity contribution is -0.113. The van der Waals surface area contributed by atoms with Gasteiger partial charge in [0.15, 0.2) is 0 Å². The number of aryl methyl sites for hydroxylation is 2. The van der Waals surface area contributed by atoms with Crippen molar-refractivity contribution < 1.29 is 13.9 Å². The Labute approximate surface area is 201 Å². The third-order valence-electron chi connectivity index (χ3n) is 5.45. The molecule has 0 aliphatic heterocycles. The van der Waals surface area contributed by atoms with Gasteiger partial charge in [0.1, 0.15) is 5.75 Å². The molecule has 0 unspecified atom stereocenters. The number of benzene rings is 3. The van der Waals surface area contributed by atoms with E-state index in [1.54, 1.807) is 0 Å². The topological polar surface area (TPSA) is 82.2 Å². The quantitative estimate of drug-likeness (QED) is 0.283. The van der Waals surface area contributed by atoms with Gasteiger partial charge in [-0.3, -0.25) is 4.79 Å². The summed E-state index contributed by atoms with van der Waals surface area (Å²) in [5, 5.41) is 14.0. The average Bonchev–Trinajstić information content (AvgIpc) is 3.45. The van der Waals surface area contributed by atoms with Crippen molar-refractivity contribution in [3.05, 3.63) is 78.7 Å². The molecule has 2 aromatic heterocycles. The van der Waals surface area contributed by atoms with Gasteiger partial charge in [0, 0.05) is 40.5 Å². The molecule has 0 atom stereocenters. The number of carbonyl (C=O) groups is 1. The van der Waals surface area contributed by atoms with Crippen LogP contribution in [0.25, 0.3) is 21.8 Å². The summed E-state index contributed by atoms with van der Waals surface area (Å²) in [4.78, 5) is 12.3. The number of fused-ring (bicyclic) bond motifs is 3. The largest absolute Gasteiger partial charge is 0.494 e. The highest BCUT2D eigenvalue weighted by Crippen LogP contribution is 2.29. The molecular formula is C26H24N4O3S. The van der Waals surface area contributed by atoms with Crippen molar-refractivity contribution >= 4 is 45.2 Å². The predicted octanol–water partition coefficient (Wildman–Crippen LogP) is 5.55. The van der Waals surface area contributed by atoms with Crippen LogP contribution in [0.4, 0.5) is 5.69 Å². The molecule has 0 saturated heterocycles. The Balaban J connectivity index is 1.18. The van der Waals surface area contributed by atoms with Gasteiger partial charge in [-0.05, 0) is 43.3 Å². The second kappa shape index (κ2) is 10.0. The summed E-state index contributed by atoms with van der Waals surface area (Å²) in [6.45, 7) is 3.26. The molecule has 3 aromatic carbocycles. The number of ether oxygens (including phenoxy) is 1. The van der Waals surface area contributed by atoms with Crippen LogP contribution in [-0.2, 0) is 17.8 Å². The average molecular weight is 473 g/mol. The summed E-state index contributed by atoms with van der Waals surface area (Å²) in [5.41, 5.74) is 3.08. The maximum atomic E-state index is 12.3. The van der Waals surface area contributed by atoms with E-state index in [0.29, 0.717) is 29.8 Å². The van der Waals surface area contributed by atoms with E-state index in [2.05, 4.69) is 68.6 Å². The van der Waals surface area contributed by atoms with Crippen LogP contribution in [-0.4, -0.2) is 33.0 Å². The standard InChI is InChI=1S/C26H24N4O3S/c1-2-32-19-13-11-18(12-14-19)27-24(31)17-34-26-29-28-25(33-26)15-16-30-22-9-5-3-7-20(22)21-8-4-6-10-23(21)30/h3-14H,2,15-17H2,1H3,(H,27,31). The van der Waals surface area contributed by atoms with Gasteiger partial charge >= 0.3 is 0 Å². The van der Waals surface area contributed by atoms with Gasteiger partial charge in [0.2, 0.25) is 11.8 Å². The number of thioether (sulfide) groups is 1. The molecule has 5 rings (SSSR count). The molecule has 8 heteroatoms. The zero-order chi connectivity index (χ0) is 23.3. The van der Waals surface area contributed by atoms with Crippen LogP contribution in [0, 0.1) is 0 Å². The molecule has 0 radical (unpaired) electrons. The number of rotatable bonds is 9. The van der Waals surface area contributed by atoms with Crippen LogP contribution in [0.5, 0.6) is 5.75 Å². The van der Waals surface area contributed by atoms with E-state index in [4.69, 9.17) is 9.15 Å². The van der Waals surface area contributed by atoms with Crippen molar-refractivity contribution in [2.24, 2.45) is 0 Å². The predicted molar refractivity (Wildman–Crippen MR) is 134 cm³/mol. The number of hydrogen-bond acceptors (Lipinski definition) is 6. The van der Waals surface area contributed by atoms with Gasteiger partial charge in [-0.1, -0.05) is 48.2 Å². The molecule has 1 amide bonds. The smallest absolute Gasteiger partial charge is 0.277 e. The van der Waals surface area contributed by atoms with Crippen molar-refractivity contribution in [1.29, 1.82) is 0 Å². The minimum atomic E-state index is -0.140. The molecule has 0 bridgehead atoms. The Morgan fingerprint density at radius 2 is 1.65 bits per heavy atom. The van der Waals surface area contributed by atoms with Gasteiger partial charge in [-0.15, -0.1) is 10.2 Å². The lowest BCUT2D eigenvalue weighted by Gasteiger charge is -2.06. The summed E-state index contributed by atoms with van der Waals surface area (Å²) < 4.78 is 13.5. The molecule has 0 fully saturated rings. The Bertz CT molecular complexity index is 1370. The molecular weight excluding hydrogens is 448 g/mol. The number of para-hydroxylation sites is 2. The van der Waals surface area contributed by atoms with Gasteiger partial charge in [-0.2, -0.15) is 0 Å². The molecule has 0 spiro atoms. The van der Waals surface area contributed by atoms with Crippen molar-refractivity contribution in [3.8, 4) is 5.75 Å². The van der Waals surface area contributed by atoms with E-state index in [0.717, 1.165) is 12.3 Å². The number of nitrogens with zero attached hydrogens (tertiary/aromatic N) is 3. The van der Waals surface area contributed by atoms with Gasteiger partial charge in [0.25, 0.3) is 5.22 Å². The second-order valence-electron chi connectivity index (χ2n) is 7.69. The van der Waals surface area contributed by atoms with E-state index in [1.807, 2.05) is 31.2 Å². The number of anilines is 1. The molecule has 0 aliphatic carbocycles. The number of carbonyl (C=O) groups excluding carboxylic acids is 1. The highest BCUT2D eigenvalue weighted by atomic mass is 32.2. The first-order valence-corrected chi connectivity index (χ1v) is 12.1. The third kappa shape index (κ3) is 4.77. The van der Waals surface area contributed by atoms with Crippen molar-refractivity contribution in [1.82, 2.24) is 14.8 Å². The van der Waals surface area contributed by atoms with Gasteiger partial charge < -0.3 is 19.0 Å². The summed E-state index contributed by atoms with van der Waals surface area (Å²) in [6, 6.07) is 24.1. The molecule has 34 heavy (non-hydrogen) atoms. The fourth-order valence-corrected chi connectivity index (χ4v) is 4.56. The Kier molecular flexibility index (Phi) is 6.49. The SMILES string of the molecule is CCOc1ccc(NC(=O)CSc2nnc(CCn3c4ccccc4c4ccccc43)o2)cc1. The maximum absolute atomic E-state index is 12.3. The highest BCUT2D eigenvalue weighted by Gasteiger charge is 2.13. The molecule has 7 nitrogen and oxygen atoms in total. The third-order valence-corrected chi connectivity index (χ3v) is 6.27. The number of aromatic nitrogens is 3. The van der Waals surface area contributed by atoms with Crippen LogP contribution in [0.1, 0.15) is 12.8 Å². The molecule has 0 saturated carbocycles. The lowest BCUT2D eigenvalue weighted by Crippen LogP contribution is -2.13. The fourth-order valence-electron chi connectivity index (χ4n) is 3.97. The summed E-state index contributed by atoms with van der Waals surface area (Å²) in [5.74, 6) is 1.37. The number of amides is 1. The Morgan fingerprint density at radius 1 is 0.971 bits per heavy atom. The van der Waals surface area contributed by atoms with Crippen LogP contribution in [0.15, 0.2) is 82.4 Å². The van der Waals surface area contributed by atoms with Crippen LogP contribution >= 0.6 is 11.8 Å². The highest BCUT2D eigenvalue weighted by molar-refractivity contribution is 7.99. The minimum Gasteiger partial charge on any atom is -0.494 e. The number of hydrogen-bond donors (Lipinski definition) is 1. The van der Waals surface area contributed by atoms with E-state index in [-0.39, 0.29) is 11.7 Å². The van der Waals surface area contributed by atoms with E-state index < -0.39 is 0 Å². The molecule has 1 N–H and O–H groups in total. The first-order valence-electron chi connectivity index (χ1n) is 11.1. The number of nitrogens with one attached hydrogen (secondary N) is 1. The monoisotopic (exact) mass is 472 g/mol. The van der Waals surface area contributed by atoms with E-state index >= 15 is 0 Å². The summed E-state index contributed by atoms with van der Waals surface area (Å²) in [6.07, 6.45) is 0.606. The Morgan fingerprint density at radius 3 is 2.32 bits per heavy atom. The van der Waals surface area contributed by atoms with Crippen molar-refractivity contribution in [3.63, 3.8) is 0 Å². The normalized spacial score (nSPS) is 11.2. The van der Waals surface area contributed by atoms with Crippen molar-refractivity contribution in [2.45, 2.75) is 25.1 Å². The summed E-state index contributed by atoms with van der Waals surface area (Å²) >= 11 is 1.22. The molecule has 2 heterocycles. The fraction of sp³-hybridized carbons (Fsp3) is 0.192. The molecule has 0 aliphatic rings. The van der Waals surface area contributed by atoms with E-state index in [1.165, 1.54) is 33.6 Å². The first kappa shape index (κ1) is 22.0. The first-order chi connectivity index (χ1) is 16.7.